The van der Waals surface area contributed by atoms with Gasteiger partial charge in [-0.15, -0.1) is 0 Å². The summed E-state index contributed by atoms with van der Waals surface area (Å²) in [6, 6.07) is 0. The Kier molecular flexibility index (Phi) is 15.6. The lowest BCUT2D eigenvalue weighted by atomic mass is 10.1. The predicted octanol–water partition coefficient (Wildman–Crippen LogP) is 5.19. The zero-order valence-electron chi connectivity index (χ0n) is 14.4. The van der Waals surface area contributed by atoms with Crippen LogP contribution in [0.5, 0.6) is 0 Å². The Bertz CT molecular complexity index is 392. The van der Waals surface area contributed by atoms with Gasteiger partial charge in [-0.1, -0.05) is 68.4 Å². The summed E-state index contributed by atoms with van der Waals surface area (Å²) in [7, 11) is 0. The van der Waals surface area contributed by atoms with Crippen molar-refractivity contribution in [2.24, 2.45) is 0 Å². The number of carboxylic acids is 1. The molecule has 0 aromatic rings. The number of aliphatic hydroxyl groups excluding tert-OH is 1. The van der Waals surface area contributed by atoms with Crippen molar-refractivity contribution in [3.8, 4) is 0 Å². The first-order valence-corrected chi connectivity index (χ1v) is 8.70. The molecule has 0 saturated heterocycles. The fraction of sp³-hybridized carbons (Fsp3) is 0.550. The Balaban J connectivity index is 3.51. The standard InChI is InChI=1S/C20H32O3/c1-2-3-13-16-19(21)17-14-11-9-7-5-4-6-8-10-12-15-18-20(22)23/h3-5,9,11,13-14,17,19,21H,2,6-8,10,12,15-16,18H2,1H3,(H,22,23)/b5-4-,11-9-,13-3-,17-14+. The number of aliphatic carboxylic acids is 1. The summed E-state index contributed by atoms with van der Waals surface area (Å²) in [5.41, 5.74) is 0. The van der Waals surface area contributed by atoms with Gasteiger partial charge in [-0.05, 0) is 38.5 Å². The van der Waals surface area contributed by atoms with Gasteiger partial charge in [0.15, 0.2) is 0 Å². The highest BCUT2D eigenvalue weighted by Gasteiger charge is 1.95. The third-order valence-electron chi connectivity index (χ3n) is 3.31. The van der Waals surface area contributed by atoms with Crippen LogP contribution in [0.25, 0.3) is 0 Å². The highest BCUT2D eigenvalue weighted by Crippen LogP contribution is 2.06. The van der Waals surface area contributed by atoms with Gasteiger partial charge in [-0.2, -0.15) is 0 Å². The molecule has 23 heavy (non-hydrogen) atoms. The van der Waals surface area contributed by atoms with Crippen molar-refractivity contribution in [2.45, 2.75) is 70.8 Å². The number of carbonyl (C=O) groups is 1. The summed E-state index contributed by atoms with van der Waals surface area (Å²) in [5.74, 6) is -0.698. The molecule has 0 aliphatic carbocycles. The predicted molar refractivity (Wildman–Crippen MR) is 97.4 cm³/mol. The Morgan fingerprint density at radius 1 is 0.957 bits per heavy atom. The van der Waals surface area contributed by atoms with Gasteiger partial charge in [0.1, 0.15) is 0 Å². The normalized spacial score (nSPS) is 13.8. The van der Waals surface area contributed by atoms with Gasteiger partial charge in [-0.25, -0.2) is 0 Å². The molecule has 0 aromatic heterocycles. The molecular formula is C20H32O3. The largest absolute Gasteiger partial charge is 0.481 e. The fourth-order valence-corrected chi connectivity index (χ4v) is 2.02. The third-order valence-corrected chi connectivity index (χ3v) is 3.31. The van der Waals surface area contributed by atoms with Gasteiger partial charge in [0.2, 0.25) is 0 Å². The van der Waals surface area contributed by atoms with Gasteiger partial charge < -0.3 is 10.2 Å². The van der Waals surface area contributed by atoms with Crippen molar-refractivity contribution in [1.82, 2.24) is 0 Å². The molecule has 0 rings (SSSR count). The number of allylic oxidation sites excluding steroid dienone is 6. The SMILES string of the molecule is CC/C=C\CC(O)/C=C/C=C\C/C=C\CCCCCCC(=O)O. The van der Waals surface area contributed by atoms with Crippen LogP contribution < -0.4 is 0 Å². The van der Waals surface area contributed by atoms with Gasteiger partial charge in [0.25, 0.3) is 0 Å². The van der Waals surface area contributed by atoms with E-state index in [4.69, 9.17) is 5.11 Å². The average molecular weight is 320 g/mol. The second kappa shape index (κ2) is 16.8. The Morgan fingerprint density at radius 3 is 2.48 bits per heavy atom. The quantitative estimate of drug-likeness (QED) is 0.263. The van der Waals surface area contributed by atoms with Crippen LogP contribution in [0, 0.1) is 0 Å². The fourth-order valence-electron chi connectivity index (χ4n) is 2.02. The van der Waals surface area contributed by atoms with E-state index < -0.39 is 12.1 Å². The maximum atomic E-state index is 10.3. The molecule has 0 heterocycles. The molecule has 0 saturated carbocycles. The topological polar surface area (TPSA) is 57.5 Å². The van der Waals surface area contributed by atoms with Crippen LogP contribution in [0.1, 0.15) is 64.7 Å². The Morgan fingerprint density at radius 2 is 1.74 bits per heavy atom. The Hall–Kier alpha value is -1.61. The zero-order chi connectivity index (χ0) is 17.2. The van der Waals surface area contributed by atoms with E-state index in [0.29, 0.717) is 6.42 Å². The van der Waals surface area contributed by atoms with E-state index in [-0.39, 0.29) is 6.42 Å². The minimum atomic E-state index is -0.698. The zero-order valence-corrected chi connectivity index (χ0v) is 14.4. The first-order valence-electron chi connectivity index (χ1n) is 8.70. The first-order chi connectivity index (χ1) is 11.2. The van der Waals surface area contributed by atoms with Crippen LogP contribution in [0.15, 0.2) is 48.6 Å². The highest BCUT2D eigenvalue weighted by atomic mass is 16.4. The number of carboxylic acid groups (broad SMARTS) is 1. The van der Waals surface area contributed by atoms with E-state index >= 15 is 0 Å². The lowest BCUT2D eigenvalue weighted by Gasteiger charge is -1.98. The summed E-state index contributed by atoms with van der Waals surface area (Å²) in [6.45, 7) is 2.08. The maximum absolute atomic E-state index is 10.3. The summed E-state index contributed by atoms with van der Waals surface area (Å²) in [6.07, 6.45) is 23.6. The molecule has 3 heteroatoms. The molecule has 1 atom stereocenters. The van der Waals surface area contributed by atoms with Crippen LogP contribution in [0.4, 0.5) is 0 Å². The number of rotatable bonds is 14. The molecule has 0 bridgehead atoms. The molecule has 0 aromatic carbocycles. The van der Waals surface area contributed by atoms with Crippen molar-refractivity contribution in [1.29, 1.82) is 0 Å². The minimum Gasteiger partial charge on any atom is -0.481 e. The monoisotopic (exact) mass is 320 g/mol. The van der Waals surface area contributed by atoms with Gasteiger partial charge in [0, 0.05) is 6.42 Å². The molecule has 0 radical (unpaired) electrons. The smallest absolute Gasteiger partial charge is 0.303 e. The van der Waals surface area contributed by atoms with Crippen LogP contribution in [0.3, 0.4) is 0 Å². The molecule has 3 nitrogen and oxygen atoms in total. The number of hydrogen-bond donors (Lipinski definition) is 2. The summed E-state index contributed by atoms with van der Waals surface area (Å²) in [5, 5.41) is 18.2. The maximum Gasteiger partial charge on any atom is 0.303 e. The number of aliphatic hydroxyl groups is 1. The second-order valence-electron chi connectivity index (χ2n) is 5.55. The van der Waals surface area contributed by atoms with Crippen molar-refractivity contribution >= 4 is 5.97 Å². The van der Waals surface area contributed by atoms with Crippen LogP contribution in [0.2, 0.25) is 0 Å². The molecule has 1 unspecified atom stereocenters. The number of unbranched alkanes of at least 4 members (excludes halogenated alkanes) is 4. The second-order valence-corrected chi connectivity index (χ2v) is 5.55. The Labute approximate surface area is 141 Å². The molecule has 0 aliphatic rings. The van der Waals surface area contributed by atoms with Crippen LogP contribution >= 0.6 is 0 Å². The third kappa shape index (κ3) is 18.3. The summed E-state index contributed by atoms with van der Waals surface area (Å²) in [4.78, 5) is 10.3. The molecule has 0 amide bonds. The molecule has 2 N–H and O–H groups in total. The van der Waals surface area contributed by atoms with Crippen molar-refractivity contribution < 1.29 is 15.0 Å². The highest BCUT2D eigenvalue weighted by molar-refractivity contribution is 5.66. The molecule has 130 valence electrons. The van der Waals surface area contributed by atoms with Crippen LogP contribution in [-0.4, -0.2) is 22.3 Å². The van der Waals surface area contributed by atoms with Gasteiger partial charge in [-0.3, -0.25) is 4.79 Å². The van der Waals surface area contributed by atoms with E-state index in [2.05, 4.69) is 31.2 Å². The van der Waals surface area contributed by atoms with E-state index in [1.54, 1.807) is 6.08 Å². The molecular weight excluding hydrogens is 288 g/mol. The molecule has 0 aliphatic heterocycles. The lowest BCUT2D eigenvalue weighted by Crippen LogP contribution is -1.98. The lowest BCUT2D eigenvalue weighted by molar-refractivity contribution is -0.137. The van der Waals surface area contributed by atoms with Crippen molar-refractivity contribution in [3.05, 3.63) is 48.6 Å². The summed E-state index contributed by atoms with van der Waals surface area (Å²) < 4.78 is 0. The molecule has 0 fully saturated rings. The van der Waals surface area contributed by atoms with Gasteiger partial charge in [0.05, 0.1) is 6.10 Å². The molecule has 0 spiro atoms. The van der Waals surface area contributed by atoms with Crippen molar-refractivity contribution in [2.75, 3.05) is 0 Å². The first kappa shape index (κ1) is 21.4. The van der Waals surface area contributed by atoms with E-state index in [1.165, 1.54) is 0 Å². The van der Waals surface area contributed by atoms with Crippen molar-refractivity contribution in [3.63, 3.8) is 0 Å². The van der Waals surface area contributed by atoms with E-state index in [0.717, 1.165) is 44.9 Å². The number of hydrogen-bond acceptors (Lipinski definition) is 2. The summed E-state index contributed by atoms with van der Waals surface area (Å²) >= 11 is 0. The van der Waals surface area contributed by atoms with E-state index in [9.17, 15) is 9.90 Å². The van der Waals surface area contributed by atoms with E-state index in [1.807, 2.05) is 18.2 Å². The van der Waals surface area contributed by atoms with Gasteiger partial charge >= 0.3 is 5.97 Å². The minimum absolute atomic E-state index is 0.289. The van der Waals surface area contributed by atoms with Crippen LogP contribution in [-0.2, 0) is 4.79 Å². The average Bonchev–Trinajstić information content (AvgIpc) is 2.51.